The summed E-state index contributed by atoms with van der Waals surface area (Å²) in [6.45, 7) is 12.7. The third-order valence-corrected chi connectivity index (χ3v) is 8.46. The van der Waals surface area contributed by atoms with Gasteiger partial charge in [-0.05, 0) is 90.8 Å². The van der Waals surface area contributed by atoms with Crippen LogP contribution in [0.4, 0.5) is 0 Å². The molecule has 8 aromatic rings. The van der Waals surface area contributed by atoms with Gasteiger partial charge in [-0.25, -0.2) is 4.98 Å². The second kappa shape index (κ2) is 13.8. The van der Waals surface area contributed by atoms with Crippen molar-refractivity contribution in [2.75, 3.05) is 0 Å². The van der Waals surface area contributed by atoms with Crippen LogP contribution in [0.1, 0.15) is 43.3 Å². The quantitative estimate of drug-likeness (QED) is 0.166. The van der Waals surface area contributed by atoms with E-state index in [-0.39, 0.29) is 25.5 Å². The van der Waals surface area contributed by atoms with Crippen molar-refractivity contribution in [3.8, 4) is 33.6 Å². The Balaban J connectivity index is 0.000000250. The number of hydrogen-bond donors (Lipinski definition) is 0. The molecule has 0 fully saturated rings. The molecule has 0 aliphatic carbocycles. The van der Waals surface area contributed by atoms with E-state index >= 15 is 0 Å². The Labute approximate surface area is 300 Å². The fraction of sp³-hybridized carbons (Fsp3) is 0.163. The van der Waals surface area contributed by atoms with Crippen molar-refractivity contribution in [2.24, 2.45) is 0 Å². The predicted octanol–water partition coefficient (Wildman–Crippen LogP) is 10.8. The van der Waals surface area contributed by atoms with E-state index in [2.05, 4.69) is 103 Å². The smallest absolute Gasteiger partial charge is 0.216 e. The summed E-state index contributed by atoms with van der Waals surface area (Å²) in [5, 5.41) is 3.16. The summed E-state index contributed by atoms with van der Waals surface area (Å²) >= 11 is 0. The number of hydrogen-bond acceptors (Lipinski definition) is 5. The van der Waals surface area contributed by atoms with Crippen LogP contribution in [-0.2, 0) is 25.5 Å². The van der Waals surface area contributed by atoms with Crippen LogP contribution in [0.2, 0.25) is 0 Å². The second-order valence-electron chi connectivity index (χ2n) is 13.2. The van der Waals surface area contributed by atoms with Crippen molar-refractivity contribution in [1.82, 2.24) is 19.9 Å². The molecule has 245 valence electrons. The number of nitrogens with zero attached hydrogens (tertiary/aromatic N) is 4. The molecule has 0 saturated heterocycles. The van der Waals surface area contributed by atoms with Gasteiger partial charge in [-0.3, -0.25) is 4.98 Å². The monoisotopic (exact) mass is 817 g/mol. The van der Waals surface area contributed by atoms with E-state index in [1.165, 1.54) is 16.7 Å². The first-order valence-corrected chi connectivity index (χ1v) is 16.1. The zero-order chi connectivity index (χ0) is 33.4. The summed E-state index contributed by atoms with van der Waals surface area (Å²) in [6.07, 6.45) is 3.73. The minimum absolute atomic E-state index is 0. The number of aryl methyl sites for hydroxylation is 3. The van der Waals surface area contributed by atoms with Crippen molar-refractivity contribution in [1.29, 1.82) is 0 Å². The molecule has 3 aromatic carbocycles. The summed E-state index contributed by atoms with van der Waals surface area (Å²) in [7, 11) is 0. The maximum absolute atomic E-state index is 6.19. The van der Waals surface area contributed by atoms with Gasteiger partial charge in [0.2, 0.25) is 5.71 Å². The molecule has 49 heavy (non-hydrogen) atoms. The average Bonchev–Trinajstić information content (AvgIpc) is 3.46. The Hall–Kier alpha value is -5.03. The van der Waals surface area contributed by atoms with Crippen molar-refractivity contribution in [2.45, 2.75) is 47.0 Å². The zero-order valence-electron chi connectivity index (χ0n) is 28.4. The van der Waals surface area contributed by atoms with E-state index in [1.807, 2.05) is 74.8 Å². The van der Waals surface area contributed by atoms with Crippen molar-refractivity contribution in [3.05, 3.63) is 144 Å². The fourth-order valence-electron chi connectivity index (χ4n) is 5.82. The van der Waals surface area contributed by atoms with Crippen LogP contribution < -0.4 is 0 Å². The number of rotatable bonds is 3. The topological polar surface area (TPSA) is 64.7 Å². The molecule has 5 heterocycles. The van der Waals surface area contributed by atoms with Crippen LogP contribution in [0.5, 0.6) is 0 Å². The molecule has 0 aliphatic heterocycles. The van der Waals surface area contributed by atoms with E-state index in [0.717, 1.165) is 66.7 Å². The molecule has 8 rings (SSSR count). The van der Waals surface area contributed by atoms with Gasteiger partial charge in [0.1, 0.15) is 0 Å². The molecule has 0 spiro atoms. The number of furan rings is 1. The zero-order valence-corrected chi connectivity index (χ0v) is 30.8. The molecule has 6 heteroatoms. The van der Waals surface area contributed by atoms with Gasteiger partial charge in [-0.2, -0.15) is 0 Å². The first-order chi connectivity index (χ1) is 23.1. The molecule has 0 aliphatic rings. The normalized spacial score (nSPS) is 11.3. The molecule has 0 N–H and O–H groups in total. The Morgan fingerprint density at radius 2 is 1.57 bits per heavy atom. The van der Waals surface area contributed by atoms with Gasteiger partial charge in [-0.15, -0.1) is 54.1 Å². The van der Waals surface area contributed by atoms with Gasteiger partial charge in [0.25, 0.3) is 0 Å². The Kier molecular flexibility index (Phi) is 9.56. The van der Waals surface area contributed by atoms with Crippen LogP contribution in [-0.4, -0.2) is 19.9 Å². The van der Waals surface area contributed by atoms with Crippen LogP contribution in [0.3, 0.4) is 0 Å². The van der Waals surface area contributed by atoms with Gasteiger partial charge in [-0.1, -0.05) is 56.0 Å². The molecular weight excluding hydrogens is 781 g/mol. The van der Waals surface area contributed by atoms with E-state index in [4.69, 9.17) is 9.40 Å². The molecule has 5 nitrogen and oxygen atoms in total. The van der Waals surface area contributed by atoms with Crippen LogP contribution in [0.15, 0.2) is 114 Å². The van der Waals surface area contributed by atoms with E-state index in [1.54, 1.807) is 0 Å². The largest absolute Gasteiger partial charge is 0.486 e. The molecule has 0 bridgehead atoms. The number of fused-ring (bicyclic) bond motifs is 4. The molecule has 0 saturated carbocycles. The number of aromatic nitrogens is 4. The first-order valence-electron chi connectivity index (χ1n) is 16.1. The van der Waals surface area contributed by atoms with Gasteiger partial charge >= 0.3 is 0 Å². The SMILES string of the molecule is Cc1ccc(-c2[c-]cccc2)nc1.Cc1ccc2c(n1)oc1c(-c3cc(-c4cc5ccc(C(C)(C)C)nc5cc4C)ccn3)[c-]ccc12.[Ir]. The van der Waals surface area contributed by atoms with Crippen molar-refractivity contribution >= 4 is 33.0 Å². The Bertz CT molecular complexity index is 2410. The van der Waals surface area contributed by atoms with Gasteiger partial charge in [0, 0.05) is 60.1 Å². The van der Waals surface area contributed by atoms with E-state index < -0.39 is 0 Å². The van der Waals surface area contributed by atoms with Crippen LogP contribution in [0, 0.1) is 32.9 Å². The first kappa shape index (κ1) is 33.9. The molecule has 0 atom stereocenters. The number of pyridine rings is 4. The molecule has 0 unspecified atom stereocenters. The molecule has 5 aromatic heterocycles. The minimum Gasteiger partial charge on any atom is -0.486 e. The molecule has 1 radical (unpaired) electrons. The summed E-state index contributed by atoms with van der Waals surface area (Å²) < 4.78 is 6.19. The summed E-state index contributed by atoms with van der Waals surface area (Å²) in [5.74, 6) is 0. The maximum Gasteiger partial charge on any atom is 0.216 e. The van der Waals surface area contributed by atoms with Crippen molar-refractivity contribution < 1.29 is 24.5 Å². The van der Waals surface area contributed by atoms with Gasteiger partial charge < -0.3 is 14.4 Å². The fourth-order valence-corrected chi connectivity index (χ4v) is 5.82. The minimum atomic E-state index is 0. The van der Waals surface area contributed by atoms with Gasteiger partial charge in [0.15, 0.2) is 0 Å². The third kappa shape index (κ3) is 7.07. The average molecular weight is 817 g/mol. The second-order valence-corrected chi connectivity index (χ2v) is 13.2. The van der Waals surface area contributed by atoms with Crippen LogP contribution >= 0.6 is 0 Å². The standard InChI is InChI=1S/C31H26N3O.C12H10N.Ir/c1-18-15-26-21(10-12-28(34-26)31(3,4)5)16-25(18)20-13-14-32-27(17-20)24-8-6-7-22-23-11-9-19(2)33-30(23)35-29(22)24;1-10-7-8-12(13-9-10)11-5-3-2-4-6-11;/h6-7,9-17H,1-5H3;2-5,7-9H,1H3;/q2*-1;. The Morgan fingerprint density at radius 1 is 0.714 bits per heavy atom. The third-order valence-electron chi connectivity index (χ3n) is 8.46. The van der Waals surface area contributed by atoms with Gasteiger partial charge in [0.05, 0.1) is 11.1 Å². The Morgan fingerprint density at radius 3 is 2.33 bits per heavy atom. The number of benzene rings is 3. The summed E-state index contributed by atoms with van der Waals surface area (Å²) in [5.41, 5.74) is 12.8. The summed E-state index contributed by atoms with van der Waals surface area (Å²) in [6, 6.07) is 39.3. The predicted molar refractivity (Wildman–Crippen MR) is 196 cm³/mol. The summed E-state index contributed by atoms with van der Waals surface area (Å²) in [4.78, 5) is 18.5. The molecular formula is C43H36IrN4O-2. The van der Waals surface area contributed by atoms with E-state index in [9.17, 15) is 0 Å². The van der Waals surface area contributed by atoms with E-state index in [0.29, 0.717) is 5.71 Å². The van der Waals surface area contributed by atoms with Crippen LogP contribution in [0.25, 0.3) is 66.6 Å². The molecule has 0 amide bonds. The van der Waals surface area contributed by atoms with Crippen molar-refractivity contribution in [3.63, 3.8) is 0 Å². The maximum atomic E-state index is 6.19.